The average Bonchev–Trinajstić information content (AvgIpc) is 2.92. The van der Waals surface area contributed by atoms with E-state index in [0.29, 0.717) is 31.3 Å². The van der Waals surface area contributed by atoms with Gasteiger partial charge in [-0.25, -0.2) is 9.78 Å². The topological polar surface area (TPSA) is 81.5 Å². The summed E-state index contributed by atoms with van der Waals surface area (Å²) < 4.78 is 12.1. The van der Waals surface area contributed by atoms with Crippen molar-refractivity contribution in [3.8, 4) is 5.88 Å². The van der Waals surface area contributed by atoms with E-state index in [-0.39, 0.29) is 6.03 Å². The maximum atomic E-state index is 12.7. The molecule has 2 aromatic rings. The van der Waals surface area contributed by atoms with Crippen LogP contribution >= 0.6 is 0 Å². The van der Waals surface area contributed by atoms with Gasteiger partial charge in [0.1, 0.15) is 0 Å². The lowest BCUT2D eigenvalue weighted by Crippen LogP contribution is -2.37. The van der Waals surface area contributed by atoms with Crippen LogP contribution in [0.15, 0.2) is 18.3 Å². The molecular formula is C18H27N5O3. The Labute approximate surface area is 154 Å². The number of hydrogen-bond acceptors (Lipinski definition) is 5. The van der Waals surface area contributed by atoms with Gasteiger partial charge in [0, 0.05) is 37.5 Å². The van der Waals surface area contributed by atoms with Gasteiger partial charge in [0.25, 0.3) is 0 Å². The van der Waals surface area contributed by atoms with Crippen molar-refractivity contribution in [2.45, 2.75) is 33.9 Å². The highest BCUT2D eigenvalue weighted by Crippen LogP contribution is 2.17. The molecule has 0 aliphatic heterocycles. The fraction of sp³-hybridized carbons (Fsp3) is 0.500. The van der Waals surface area contributed by atoms with Crippen molar-refractivity contribution in [2.24, 2.45) is 0 Å². The molecule has 0 aliphatic rings. The van der Waals surface area contributed by atoms with Crippen LogP contribution in [0.25, 0.3) is 0 Å². The van der Waals surface area contributed by atoms with Gasteiger partial charge in [0.15, 0.2) is 0 Å². The number of ether oxygens (including phenoxy) is 2. The van der Waals surface area contributed by atoms with E-state index in [9.17, 15) is 4.79 Å². The van der Waals surface area contributed by atoms with E-state index in [1.165, 1.54) is 0 Å². The van der Waals surface area contributed by atoms with Crippen molar-refractivity contribution < 1.29 is 14.3 Å². The van der Waals surface area contributed by atoms with E-state index < -0.39 is 0 Å². The van der Waals surface area contributed by atoms with E-state index in [4.69, 9.17) is 9.47 Å². The van der Waals surface area contributed by atoms with Gasteiger partial charge >= 0.3 is 6.03 Å². The molecule has 0 aliphatic carbocycles. The summed E-state index contributed by atoms with van der Waals surface area (Å²) in [5.74, 6) is 0.498. The second kappa shape index (κ2) is 9.19. The van der Waals surface area contributed by atoms with Crippen LogP contribution in [0.4, 0.5) is 10.5 Å². The lowest BCUT2D eigenvalue weighted by Gasteiger charge is -2.23. The van der Waals surface area contributed by atoms with Crippen molar-refractivity contribution in [2.75, 3.05) is 32.7 Å². The zero-order valence-corrected chi connectivity index (χ0v) is 16.1. The molecule has 0 saturated carbocycles. The Morgan fingerprint density at radius 3 is 2.62 bits per heavy atom. The number of pyridine rings is 1. The Morgan fingerprint density at radius 2 is 2.08 bits per heavy atom. The van der Waals surface area contributed by atoms with Crippen LogP contribution in [0.1, 0.15) is 23.9 Å². The SMILES string of the molecule is CCn1nc(C)c(CN(CCOC)C(=O)Nc2ccc(OC)nc2)c1C. The summed E-state index contributed by atoms with van der Waals surface area (Å²) in [6.07, 6.45) is 1.57. The molecule has 0 aromatic carbocycles. The van der Waals surface area contributed by atoms with Crippen LogP contribution in [0.3, 0.4) is 0 Å². The van der Waals surface area contributed by atoms with Gasteiger partial charge in [-0.15, -0.1) is 0 Å². The first-order valence-corrected chi connectivity index (χ1v) is 8.57. The number of nitrogens with one attached hydrogen (secondary N) is 1. The number of nitrogens with zero attached hydrogens (tertiary/aromatic N) is 4. The van der Waals surface area contributed by atoms with Gasteiger partial charge in [0.2, 0.25) is 5.88 Å². The molecule has 0 saturated heterocycles. The zero-order valence-electron chi connectivity index (χ0n) is 16.1. The van der Waals surface area contributed by atoms with E-state index in [1.807, 2.05) is 18.5 Å². The summed E-state index contributed by atoms with van der Waals surface area (Å²) in [6.45, 7) is 8.24. The summed E-state index contributed by atoms with van der Waals surface area (Å²) in [6, 6.07) is 3.25. The first kappa shape index (κ1) is 19.7. The minimum atomic E-state index is -0.211. The molecular weight excluding hydrogens is 334 g/mol. The third kappa shape index (κ3) is 4.72. The smallest absolute Gasteiger partial charge is 0.322 e. The molecule has 0 radical (unpaired) electrons. The molecule has 0 bridgehead atoms. The molecule has 0 fully saturated rings. The van der Waals surface area contributed by atoms with Crippen molar-refractivity contribution >= 4 is 11.7 Å². The number of amides is 2. The molecule has 26 heavy (non-hydrogen) atoms. The highest BCUT2D eigenvalue weighted by atomic mass is 16.5. The van der Waals surface area contributed by atoms with E-state index in [2.05, 4.69) is 22.3 Å². The Balaban J connectivity index is 2.15. The summed E-state index contributed by atoms with van der Waals surface area (Å²) in [5.41, 5.74) is 3.68. The van der Waals surface area contributed by atoms with Gasteiger partial charge in [0.05, 0.1) is 37.8 Å². The third-order valence-electron chi connectivity index (χ3n) is 4.23. The van der Waals surface area contributed by atoms with Gasteiger partial charge in [-0.2, -0.15) is 5.10 Å². The number of carbonyl (C=O) groups is 1. The molecule has 2 rings (SSSR count). The van der Waals surface area contributed by atoms with Crippen LogP contribution in [0.2, 0.25) is 0 Å². The van der Waals surface area contributed by atoms with Crippen LogP contribution in [-0.2, 0) is 17.8 Å². The minimum absolute atomic E-state index is 0.211. The van der Waals surface area contributed by atoms with Crippen molar-refractivity contribution in [1.82, 2.24) is 19.7 Å². The van der Waals surface area contributed by atoms with Crippen LogP contribution in [0, 0.1) is 13.8 Å². The zero-order chi connectivity index (χ0) is 19.1. The number of aryl methyl sites for hydroxylation is 2. The maximum absolute atomic E-state index is 12.7. The predicted molar refractivity (Wildman–Crippen MR) is 99.5 cm³/mol. The quantitative estimate of drug-likeness (QED) is 0.782. The van der Waals surface area contributed by atoms with Gasteiger partial charge in [-0.3, -0.25) is 4.68 Å². The molecule has 0 unspecified atom stereocenters. The van der Waals surface area contributed by atoms with E-state index >= 15 is 0 Å². The summed E-state index contributed by atoms with van der Waals surface area (Å²) in [7, 11) is 3.17. The second-order valence-corrected chi connectivity index (χ2v) is 5.90. The fourth-order valence-corrected chi connectivity index (χ4v) is 2.69. The van der Waals surface area contributed by atoms with Gasteiger partial charge < -0.3 is 19.7 Å². The molecule has 8 heteroatoms. The third-order valence-corrected chi connectivity index (χ3v) is 4.23. The Bertz CT molecular complexity index is 727. The first-order chi connectivity index (χ1) is 12.5. The molecule has 0 atom stereocenters. The molecule has 1 N–H and O–H groups in total. The predicted octanol–water partition coefficient (Wildman–Crippen LogP) is 2.60. The Kier molecular flexibility index (Phi) is 6.97. The van der Waals surface area contributed by atoms with E-state index in [1.54, 1.807) is 37.4 Å². The van der Waals surface area contributed by atoms with Crippen LogP contribution in [-0.4, -0.2) is 53.1 Å². The Hall–Kier alpha value is -2.61. The largest absolute Gasteiger partial charge is 0.481 e. The van der Waals surface area contributed by atoms with Crippen molar-refractivity contribution in [3.05, 3.63) is 35.3 Å². The number of methoxy groups -OCH3 is 2. The van der Waals surface area contributed by atoms with Crippen LogP contribution < -0.4 is 10.1 Å². The summed E-state index contributed by atoms with van der Waals surface area (Å²) in [4.78, 5) is 18.6. The number of urea groups is 1. The average molecular weight is 361 g/mol. The monoisotopic (exact) mass is 361 g/mol. The number of hydrogen-bond donors (Lipinski definition) is 1. The van der Waals surface area contributed by atoms with Crippen LogP contribution in [0.5, 0.6) is 5.88 Å². The first-order valence-electron chi connectivity index (χ1n) is 8.57. The molecule has 2 heterocycles. The summed E-state index contributed by atoms with van der Waals surface area (Å²) >= 11 is 0. The standard InChI is InChI=1S/C18H27N5O3/c1-6-23-14(3)16(13(2)21-23)12-22(9-10-25-4)18(24)20-15-7-8-17(26-5)19-11-15/h7-8,11H,6,9-10,12H2,1-5H3,(H,20,24). The van der Waals surface area contributed by atoms with Gasteiger partial charge in [-0.1, -0.05) is 0 Å². The summed E-state index contributed by atoms with van der Waals surface area (Å²) in [5, 5.41) is 7.40. The normalized spacial score (nSPS) is 10.7. The van der Waals surface area contributed by atoms with E-state index in [0.717, 1.165) is 23.5 Å². The lowest BCUT2D eigenvalue weighted by atomic mass is 10.2. The highest BCUT2D eigenvalue weighted by molar-refractivity contribution is 5.89. The van der Waals surface area contributed by atoms with Crippen molar-refractivity contribution in [1.29, 1.82) is 0 Å². The number of rotatable bonds is 8. The highest BCUT2D eigenvalue weighted by Gasteiger charge is 2.19. The maximum Gasteiger partial charge on any atom is 0.322 e. The fourth-order valence-electron chi connectivity index (χ4n) is 2.69. The number of aromatic nitrogens is 3. The van der Waals surface area contributed by atoms with Gasteiger partial charge in [-0.05, 0) is 26.8 Å². The number of anilines is 1. The second-order valence-electron chi connectivity index (χ2n) is 5.90. The number of carbonyl (C=O) groups excluding carboxylic acids is 1. The molecule has 142 valence electrons. The molecule has 2 amide bonds. The van der Waals surface area contributed by atoms with Crippen molar-refractivity contribution in [3.63, 3.8) is 0 Å². The molecule has 2 aromatic heterocycles. The molecule has 8 nitrogen and oxygen atoms in total. The molecule has 0 spiro atoms. The lowest BCUT2D eigenvalue weighted by molar-refractivity contribution is 0.152. The Morgan fingerprint density at radius 1 is 1.31 bits per heavy atom. The minimum Gasteiger partial charge on any atom is -0.481 e.